The van der Waals surface area contributed by atoms with E-state index in [9.17, 15) is 9.90 Å². The Hall–Kier alpha value is -2.69. The smallest absolute Gasteiger partial charge is 0.323 e. The molecule has 0 saturated heterocycles. The van der Waals surface area contributed by atoms with Crippen LogP contribution >= 0.6 is 0 Å². The van der Waals surface area contributed by atoms with Gasteiger partial charge in [0.05, 0.1) is 14.2 Å². The topological polar surface area (TPSA) is 65.0 Å². The van der Waals surface area contributed by atoms with Crippen LogP contribution in [0.25, 0.3) is 0 Å². The number of methoxy groups -OCH3 is 2. The number of hydrogen-bond donors (Lipinski definition) is 1. The Labute approximate surface area is 121 Å². The van der Waals surface area contributed by atoms with Crippen molar-refractivity contribution in [3.8, 4) is 23.0 Å². The summed E-state index contributed by atoms with van der Waals surface area (Å²) in [6.45, 7) is 0. The van der Waals surface area contributed by atoms with Gasteiger partial charge in [-0.15, -0.1) is 0 Å². The Morgan fingerprint density at radius 1 is 1.05 bits per heavy atom. The van der Waals surface area contributed by atoms with Crippen LogP contribution in [0.3, 0.4) is 0 Å². The van der Waals surface area contributed by atoms with Crippen LogP contribution in [-0.4, -0.2) is 25.3 Å². The first-order valence-corrected chi connectivity index (χ1v) is 6.40. The highest BCUT2D eigenvalue weighted by atomic mass is 16.5. The molecule has 1 aliphatic heterocycles. The van der Waals surface area contributed by atoms with E-state index < -0.39 is 5.92 Å². The molecule has 108 valence electrons. The van der Waals surface area contributed by atoms with Gasteiger partial charge in [-0.1, -0.05) is 6.07 Å². The number of hydrogen-bond acceptors (Lipinski definition) is 5. The van der Waals surface area contributed by atoms with Crippen molar-refractivity contribution >= 4 is 5.97 Å². The van der Waals surface area contributed by atoms with Crippen LogP contribution in [-0.2, 0) is 4.79 Å². The first kappa shape index (κ1) is 13.3. The fraction of sp³-hybridized carbons (Fsp3) is 0.188. The van der Waals surface area contributed by atoms with E-state index in [-0.39, 0.29) is 11.7 Å². The second-order valence-corrected chi connectivity index (χ2v) is 4.69. The van der Waals surface area contributed by atoms with Gasteiger partial charge < -0.3 is 19.3 Å². The number of fused-ring (bicyclic) bond motifs is 1. The number of esters is 1. The minimum Gasteiger partial charge on any atom is -0.508 e. The Morgan fingerprint density at radius 2 is 1.81 bits per heavy atom. The molecule has 0 bridgehead atoms. The molecule has 0 aromatic heterocycles. The summed E-state index contributed by atoms with van der Waals surface area (Å²) in [6.07, 6.45) is 0. The minimum absolute atomic E-state index is 0.0949. The number of carbonyl (C=O) groups excluding carboxylic acids is 1. The van der Waals surface area contributed by atoms with E-state index in [1.54, 1.807) is 37.4 Å². The number of carbonyl (C=O) groups is 1. The standard InChI is InChI=1S/C16H14O5/c1-19-13-5-3-9(7-14(13)20-2)15-11-8-10(17)4-6-12(11)21-16(15)18/h3-8,15,17H,1-2H3. The molecule has 1 unspecified atom stereocenters. The molecule has 3 rings (SSSR count). The van der Waals surface area contributed by atoms with Gasteiger partial charge in [0, 0.05) is 5.56 Å². The predicted octanol–water partition coefficient (Wildman–Crippen LogP) is 2.46. The SMILES string of the molecule is COc1ccc(C2C(=O)Oc3ccc(O)cc32)cc1OC. The number of phenolic OH excluding ortho intramolecular Hbond substituents is 1. The molecule has 2 aromatic rings. The van der Waals surface area contributed by atoms with Crippen molar-refractivity contribution in [2.75, 3.05) is 14.2 Å². The van der Waals surface area contributed by atoms with Gasteiger partial charge in [-0.05, 0) is 35.9 Å². The van der Waals surface area contributed by atoms with E-state index in [0.29, 0.717) is 22.8 Å². The van der Waals surface area contributed by atoms with Crippen LogP contribution in [0, 0.1) is 0 Å². The van der Waals surface area contributed by atoms with E-state index in [0.717, 1.165) is 5.56 Å². The summed E-state index contributed by atoms with van der Waals surface area (Å²) in [5, 5.41) is 9.62. The molecule has 2 aromatic carbocycles. The third kappa shape index (κ3) is 2.16. The number of phenols is 1. The Morgan fingerprint density at radius 3 is 2.52 bits per heavy atom. The number of benzene rings is 2. The third-order valence-electron chi connectivity index (χ3n) is 3.49. The van der Waals surface area contributed by atoms with Gasteiger partial charge >= 0.3 is 5.97 Å². The summed E-state index contributed by atoms with van der Waals surface area (Å²) < 4.78 is 15.7. The molecule has 1 heterocycles. The van der Waals surface area contributed by atoms with Gasteiger partial charge in [-0.3, -0.25) is 4.79 Å². The Kier molecular flexibility index (Phi) is 3.17. The Balaban J connectivity index is 2.09. The maximum absolute atomic E-state index is 12.1. The normalized spacial score (nSPS) is 16.3. The van der Waals surface area contributed by atoms with Crippen LogP contribution in [0.5, 0.6) is 23.0 Å². The lowest BCUT2D eigenvalue weighted by molar-refractivity contribution is -0.133. The number of rotatable bonds is 3. The molecule has 0 radical (unpaired) electrons. The van der Waals surface area contributed by atoms with Crippen molar-refractivity contribution in [2.24, 2.45) is 0 Å². The van der Waals surface area contributed by atoms with E-state index in [2.05, 4.69) is 0 Å². The maximum Gasteiger partial charge on any atom is 0.323 e. The largest absolute Gasteiger partial charge is 0.508 e. The zero-order chi connectivity index (χ0) is 15.0. The van der Waals surface area contributed by atoms with Gasteiger partial charge in [-0.25, -0.2) is 0 Å². The molecule has 0 spiro atoms. The van der Waals surface area contributed by atoms with E-state index in [1.807, 2.05) is 0 Å². The van der Waals surface area contributed by atoms with Crippen LogP contribution < -0.4 is 14.2 Å². The van der Waals surface area contributed by atoms with Gasteiger partial charge in [0.15, 0.2) is 11.5 Å². The van der Waals surface area contributed by atoms with Crippen LogP contribution in [0.4, 0.5) is 0 Å². The first-order chi connectivity index (χ1) is 10.1. The molecule has 0 fully saturated rings. The molecule has 1 atom stereocenters. The van der Waals surface area contributed by atoms with Crippen molar-refractivity contribution in [1.29, 1.82) is 0 Å². The zero-order valence-electron chi connectivity index (χ0n) is 11.6. The summed E-state index contributed by atoms with van der Waals surface area (Å²) in [4.78, 5) is 12.1. The Bertz CT molecular complexity index is 708. The molecule has 5 heteroatoms. The highest BCUT2D eigenvalue weighted by molar-refractivity contribution is 5.89. The van der Waals surface area contributed by atoms with Crippen molar-refractivity contribution in [3.63, 3.8) is 0 Å². The van der Waals surface area contributed by atoms with Gasteiger partial charge in [0.1, 0.15) is 17.4 Å². The van der Waals surface area contributed by atoms with Crippen LogP contribution in [0.2, 0.25) is 0 Å². The van der Waals surface area contributed by atoms with E-state index >= 15 is 0 Å². The third-order valence-corrected chi connectivity index (χ3v) is 3.49. The molecule has 0 saturated carbocycles. The lowest BCUT2D eigenvalue weighted by Crippen LogP contribution is -2.11. The molecule has 0 aliphatic carbocycles. The average Bonchev–Trinajstić information content (AvgIpc) is 2.81. The van der Waals surface area contributed by atoms with Gasteiger partial charge in [0.25, 0.3) is 0 Å². The molecule has 5 nitrogen and oxygen atoms in total. The monoisotopic (exact) mass is 286 g/mol. The van der Waals surface area contributed by atoms with Crippen molar-refractivity contribution in [3.05, 3.63) is 47.5 Å². The lowest BCUT2D eigenvalue weighted by Gasteiger charge is -2.12. The molecule has 0 amide bonds. The first-order valence-electron chi connectivity index (χ1n) is 6.40. The van der Waals surface area contributed by atoms with Crippen LogP contribution in [0.1, 0.15) is 17.0 Å². The highest BCUT2D eigenvalue weighted by Crippen LogP contribution is 2.42. The zero-order valence-corrected chi connectivity index (χ0v) is 11.6. The molecule has 1 N–H and O–H groups in total. The lowest BCUT2D eigenvalue weighted by atomic mass is 9.92. The van der Waals surface area contributed by atoms with Gasteiger partial charge in [-0.2, -0.15) is 0 Å². The predicted molar refractivity (Wildman–Crippen MR) is 75.1 cm³/mol. The van der Waals surface area contributed by atoms with Crippen molar-refractivity contribution in [1.82, 2.24) is 0 Å². The van der Waals surface area contributed by atoms with Gasteiger partial charge in [0.2, 0.25) is 0 Å². The molecular formula is C16H14O5. The second-order valence-electron chi connectivity index (χ2n) is 4.69. The molecule has 21 heavy (non-hydrogen) atoms. The number of aromatic hydroxyl groups is 1. The van der Waals surface area contributed by atoms with E-state index in [1.165, 1.54) is 13.2 Å². The fourth-order valence-electron chi connectivity index (χ4n) is 2.50. The maximum atomic E-state index is 12.1. The molecule has 1 aliphatic rings. The second kappa shape index (κ2) is 5.01. The summed E-state index contributed by atoms with van der Waals surface area (Å²) in [5.74, 6) is 0.741. The molecular weight excluding hydrogens is 272 g/mol. The van der Waals surface area contributed by atoms with Crippen molar-refractivity contribution in [2.45, 2.75) is 5.92 Å². The summed E-state index contributed by atoms with van der Waals surface area (Å²) >= 11 is 0. The minimum atomic E-state index is -0.577. The summed E-state index contributed by atoms with van der Waals surface area (Å²) in [5.41, 5.74) is 1.37. The highest BCUT2D eigenvalue weighted by Gasteiger charge is 2.35. The van der Waals surface area contributed by atoms with Crippen LogP contribution in [0.15, 0.2) is 36.4 Å². The average molecular weight is 286 g/mol. The van der Waals surface area contributed by atoms with E-state index in [4.69, 9.17) is 14.2 Å². The van der Waals surface area contributed by atoms with Crippen molar-refractivity contribution < 1.29 is 24.1 Å². The quantitative estimate of drug-likeness (QED) is 0.693. The fourth-order valence-corrected chi connectivity index (χ4v) is 2.50. The summed E-state index contributed by atoms with van der Waals surface area (Å²) in [6, 6.07) is 9.88. The summed E-state index contributed by atoms with van der Waals surface area (Å²) in [7, 11) is 3.09. The number of ether oxygens (including phenoxy) is 3.